The fraction of sp³-hybridized carbons (Fsp3) is 0.227. The molecule has 1 fully saturated rings. The van der Waals surface area contributed by atoms with Crippen molar-refractivity contribution in [2.24, 2.45) is 5.92 Å². The van der Waals surface area contributed by atoms with Crippen LogP contribution in [0, 0.1) is 5.92 Å². The number of carbonyl (C=O) groups excluding carboxylic acids is 3. The summed E-state index contributed by atoms with van der Waals surface area (Å²) < 4.78 is 5.49. The van der Waals surface area contributed by atoms with Crippen molar-refractivity contribution < 1.29 is 19.1 Å². The maximum Gasteiger partial charge on any atom is 0.262 e. The number of rotatable bonds is 8. The predicted octanol–water partition coefficient (Wildman–Crippen LogP) is 3.67. The molecule has 2 N–H and O–H groups in total. The number of nitrogens with one attached hydrogen (secondary N) is 2. The second-order valence-electron chi connectivity index (χ2n) is 6.89. The standard InChI is InChI=1S/C22H21Cl2N3O4/c1-2-9-25-22(30)14-10-21(29)27(12-14)16-4-6-17(7-5-16)31-13-20(28)26-19-8-3-15(23)11-18(19)24/h2-8,11,14H,1,9-10,12-13H2,(H,25,30)(H,26,28)/t14-/m1/s1. The lowest BCUT2D eigenvalue weighted by atomic mass is 10.1. The molecule has 1 aliphatic rings. The molecule has 0 aliphatic carbocycles. The molecule has 0 saturated carbocycles. The molecule has 162 valence electrons. The molecule has 7 nitrogen and oxygen atoms in total. The molecule has 1 heterocycles. The fourth-order valence-electron chi connectivity index (χ4n) is 3.10. The number of amides is 3. The van der Waals surface area contributed by atoms with Gasteiger partial charge in [-0.15, -0.1) is 6.58 Å². The molecular formula is C22H21Cl2N3O4. The van der Waals surface area contributed by atoms with E-state index in [4.69, 9.17) is 27.9 Å². The molecule has 9 heteroatoms. The highest BCUT2D eigenvalue weighted by Crippen LogP contribution is 2.27. The van der Waals surface area contributed by atoms with Crippen molar-refractivity contribution in [2.75, 3.05) is 29.9 Å². The Hall–Kier alpha value is -3.03. The van der Waals surface area contributed by atoms with Gasteiger partial charge < -0.3 is 20.3 Å². The Morgan fingerprint density at radius 1 is 1.19 bits per heavy atom. The third-order valence-electron chi connectivity index (χ3n) is 4.64. The first kappa shape index (κ1) is 22.7. The third kappa shape index (κ3) is 5.99. The van der Waals surface area contributed by atoms with Crippen molar-refractivity contribution in [1.82, 2.24) is 5.32 Å². The molecule has 0 spiro atoms. The average molecular weight is 462 g/mol. The lowest BCUT2D eigenvalue weighted by Crippen LogP contribution is -2.32. The summed E-state index contributed by atoms with van der Waals surface area (Å²) in [6, 6.07) is 11.5. The summed E-state index contributed by atoms with van der Waals surface area (Å²) in [5, 5.41) is 6.17. The van der Waals surface area contributed by atoms with Crippen LogP contribution in [-0.4, -0.2) is 37.4 Å². The van der Waals surface area contributed by atoms with Gasteiger partial charge in [0, 0.05) is 30.2 Å². The molecule has 2 aromatic rings. The molecule has 2 aromatic carbocycles. The first-order valence-electron chi connectivity index (χ1n) is 9.54. The number of hydrogen-bond acceptors (Lipinski definition) is 4. The number of anilines is 2. The van der Waals surface area contributed by atoms with E-state index in [0.717, 1.165) is 0 Å². The minimum Gasteiger partial charge on any atom is -0.484 e. The third-order valence-corrected chi connectivity index (χ3v) is 5.19. The van der Waals surface area contributed by atoms with E-state index in [0.29, 0.717) is 40.3 Å². The van der Waals surface area contributed by atoms with Crippen molar-refractivity contribution in [3.63, 3.8) is 0 Å². The second-order valence-corrected chi connectivity index (χ2v) is 7.74. The highest BCUT2D eigenvalue weighted by molar-refractivity contribution is 6.36. The highest BCUT2D eigenvalue weighted by Gasteiger charge is 2.34. The van der Waals surface area contributed by atoms with Gasteiger partial charge in [-0.05, 0) is 42.5 Å². The van der Waals surface area contributed by atoms with Crippen molar-refractivity contribution in [2.45, 2.75) is 6.42 Å². The highest BCUT2D eigenvalue weighted by atomic mass is 35.5. The minimum absolute atomic E-state index is 0.119. The lowest BCUT2D eigenvalue weighted by molar-refractivity contribution is -0.126. The SMILES string of the molecule is C=CCNC(=O)[C@@H]1CC(=O)N(c2ccc(OCC(=O)Nc3ccc(Cl)cc3Cl)cc2)C1. The van der Waals surface area contributed by atoms with Crippen LogP contribution in [0.4, 0.5) is 11.4 Å². The normalized spacial score (nSPS) is 15.5. The zero-order valence-corrected chi connectivity index (χ0v) is 18.1. The first-order chi connectivity index (χ1) is 14.9. The van der Waals surface area contributed by atoms with Gasteiger partial charge >= 0.3 is 0 Å². The van der Waals surface area contributed by atoms with Gasteiger partial charge in [-0.25, -0.2) is 0 Å². The van der Waals surface area contributed by atoms with Gasteiger partial charge in [0.25, 0.3) is 5.91 Å². The second kappa shape index (κ2) is 10.3. The number of halogens is 2. The van der Waals surface area contributed by atoms with Gasteiger partial charge in [-0.2, -0.15) is 0 Å². The van der Waals surface area contributed by atoms with Crippen molar-refractivity contribution in [1.29, 1.82) is 0 Å². The van der Waals surface area contributed by atoms with E-state index >= 15 is 0 Å². The van der Waals surface area contributed by atoms with E-state index in [9.17, 15) is 14.4 Å². The van der Waals surface area contributed by atoms with Crippen molar-refractivity contribution in [3.8, 4) is 5.75 Å². The van der Waals surface area contributed by atoms with Crippen LogP contribution in [0.15, 0.2) is 55.1 Å². The van der Waals surface area contributed by atoms with Crippen molar-refractivity contribution >= 4 is 52.3 Å². The Bertz CT molecular complexity index is 995. The van der Waals surface area contributed by atoms with Crippen LogP contribution < -0.4 is 20.3 Å². The Balaban J connectivity index is 1.53. The molecule has 0 radical (unpaired) electrons. The predicted molar refractivity (Wildman–Crippen MR) is 121 cm³/mol. The van der Waals surface area contributed by atoms with E-state index in [1.165, 1.54) is 6.07 Å². The fourth-order valence-corrected chi connectivity index (χ4v) is 3.55. The summed E-state index contributed by atoms with van der Waals surface area (Å²) in [4.78, 5) is 38.1. The van der Waals surface area contributed by atoms with Crippen LogP contribution in [0.3, 0.4) is 0 Å². The number of benzene rings is 2. The van der Waals surface area contributed by atoms with Crippen molar-refractivity contribution in [3.05, 3.63) is 65.2 Å². The molecule has 0 unspecified atom stereocenters. The van der Waals surface area contributed by atoms with Crippen LogP contribution in [0.1, 0.15) is 6.42 Å². The number of nitrogens with zero attached hydrogens (tertiary/aromatic N) is 1. The number of hydrogen-bond donors (Lipinski definition) is 2. The summed E-state index contributed by atoms with van der Waals surface area (Å²) in [5.74, 6) is -0.592. The average Bonchev–Trinajstić information content (AvgIpc) is 3.14. The summed E-state index contributed by atoms with van der Waals surface area (Å²) >= 11 is 11.9. The summed E-state index contributed by atoms with van der Waals surface area (Å²) in [6.07, 6.45) is 1.75. The Morgan fingerprint density at radius 3 is 2.61 bits per heavy atom. The van der Waals surface area contributed by atoms with E-state index in [1.807, 2.05) is 0 Å². The Kier molecular flexibility index (Phi) is 7.55. The summed E-state index contributed by atoms with van der Waals surface area (Å²) in [5.41, 5.74) is 1.10. The smallest absolute Gasteiger partial charge is 0.262 e. The largest absolute Gasteiger partial charge is 0.484 e. The van der Waals surface area contributed by atoms with Crippen LogP contribution in [0.2, 0.25) is 10.0 Å². The maximum atomic E-state index is 12.3. The van der Waals surface area contributed by atoms with Gasteiger partial charge in [-0.3, -0.25) is 14.4 Å². The van der Waals surface area contributed by atoms with Gasteiger partial charge in [0.05, 0.1) is 16.6 Å². The van der Waals surface area contributed by atoms with Gasteiger partial charge in [0.1, 0.15) is 5.75 Å². The molecule has 1 saturated heterocycles. The molecule has 3 amide bonds. The Labute approximate surface area is 190 Å². The van der Waals surface area contributed by atoms with Crippen LogP contribution >= 0.6 is 23.2 Å². The molecule has 3 rings (SSSR count). The van der Waals surface area contributed by atoms with E-state index in [1.54, 1.807) is 47.4 Å². The first-order valence-corrected chi connectivity index (χ1v) is 10.3. The topological polar surface area (TPSA) is 87.7 Å². The van der Waals surface area contributed by atoms with Crippen LogP contribution in [0.25, 0.3) is 0 Å². The molecule has 0 bridgehead atoms. The van der Waals surface area contributed by atoms with Gasteiger partial charge in [0.2, 0.25) is 11.8 Å². The van der Waals surface area contributed by atoms with E-state index in [-0.39, 0.29) is 30.7 Å². The zero-order valence-electron chi connectivity index (χ0n) is 16.6. The molecule has 31 heavy (non-hydrogen) atoms. The molecular weight excluding hydrogens is 441 g/mol. The number of ether oxygens (including phenoxy) is 1. The van der Waals surface area contributed by atoms with E-state index in [2.05, 4.69) is 17.2 Å². The Morgan fingerprint density at radius 2 is 1.94 bits per heavy atom. The van der Waals surface area contributed by atoms with Gasteiger partial charge in [-0.1, -0.05) is 29.3 Å². The monoisotopic (exact) mass is 461 g/mol. The minimum atomic E-state index is -0.397. The lowest BCUT2D eigenvalue weighted by Gasteiger charge is -2.17. The van der Waals surface area contributed by atoms with E-state index < -0.39 is 5.92 Å². The zero-order chi connectivity index (χ0) is 22.4. The van der Waals surface area contributed by atoms with Gasteiger partial charge in [0.15, 0.2) is 6.61 Å². The number of carbonyl (C=O) groups is 3. The summed E-state index contributed by atoms with van der Waals surface area (Å²) in [6.45, 7) is 4.02. The molecule has 0 aromatic heterocycles. The molecule has 1 atom stereocenters. The van der Waals surface area contributed by atoms with Crippen LogP contribution in [-0.2, 0) is 14.4 Å². The maximum absolute atomic E-state index is 12.3. The quantitative estimate of drug-likeness (QED) is 0.587. The van der Waals surface area contributed by atoms with Crippen LogP contribution in [0.5, 0.6) is 5.75 Å². The summed E-state index contributed by atoms with van der Waals surface area (Å²) in [7, 11) is 0. The molecule has 1 aliphatic heterocycles.